The third-order valence-electron chi connectivity index (χ3n) is 5.74. The maximum Gasteiger partial charge on any atom is 0.305 e. The Labute approximate surface area is 227 Å². The molecule has 2 atom stereocenters. The first-order valence-electron chi connectivity index (χ1n) is 12.2. The molecule has 0 aromatic heterocycles. The third-order valence-corrected chi connectivity index (χ3v) is 5.74. The Bertz CT molecular complexity index is 1240. The lowest BCUT2D eigenvalue weighted by Gasteiger charge is -2.23. The van der Waals surface area contributed by atoms with Gasteiger partial charge in [0.2, 0.25) is 23.3 Å². The zero-order valence-corrected chi connectivity index (χ0v) is 22.0. The van der Waals surface area contributed by atoms with Crippen LogP contribution >= 0.6 is 0 Å². The first-order valence-corrected chi connectivity index (χ1v) is 12.2. The number of ether oxygens (including phenoxy) is 1. The largest absolute Gasteiger partial charge is 0.485 e. The quantitative estimate of drug-likeness (QED) is 0.165. The summed E-state index contributed by atoms with van der Waals surface area (Å²) in [5.74, 6) is -12.7. The van der Waals surface area contributed by atoms with E-state index in [1.54, 1.807) is 12.1 Å². The molecule has 2 amide bonds. The number of nitrogens with one attached hydrogen (secondary N) is 2. The van der Waals surface area contributed by atoms with Gasteiger partial charge in [-0.05, 0) is 16.5 Å². The molecule has 2 aromatic rings. The summed E-state index contributed by atoms with van der Waals surface area (Å²) in [6.45, 7) is 4.56. The monoisotopic (exact) mass is 570 g/mol. The Morgan fingerprint density at radius 1 is 1.00 bits per heavy atom. The summed E-state index contributed by atoms with van der Waals surface area (Å²) in [6, 6.07) is 5.59. The number of carbonyl (C=O) groups is 4. The average molecular weight is 571 g/mol. The number of carbonyl (C=O) groups excluding carboxylic acids is 3. The highest BCUT2D eigenvalue weighted by molar-refractivity contribution is 6.36. The fourth-order valence-electron chi connectivity index (χ4n) is 3.76. The first kappa shape index (κ1) is 32.2. The van der Waals surface area contributed by atoms with Crippen molar-refractivity contribution >= 4 is 23.6 Å². The summed E-state index contributed by atoms with van der Waals surface area (Å²) >= 11 is 0. The minimum Gasteiger partial charge on any atom is -0.485 e. The number of benzene rings is 2. The highest BCUT2D eigenvalue weighted by atomic mass is 19.2. The lowest BCUT2D eigenvalue weighted by atomic mass is 9.82. The van der Waals surface area contributed by atoms with Gasteiger partial charge >= 0.3 is 5.97 Å². The van der Waals surface area contributed by atoms with Crippen molar-refractivity contribution in [2.75, 3.05) is 13.2 Å². The molecule has 9 nitrogen and oxygen atoms in total. The van der Waals surface area contributed by atoms with Crippen LogP contribution in [-0.4, -0.2) is 59.1 Å². The predicted molar refractivity (Wildman–Crippen MR) is 133 cm³/mol. The van der Waals surface area contributed by atoms with Gasteiger partial charge in [-0.1, -0.05) is 45.0 Å². The molecule has 0 radical (unpaired) electrons. The Hall–Kier alpha value is -4.00. The van der Waals surface area contributed by atoms with E-state index in [0.717, 1.165) is 5.56 Å². The molecule has 13 heteroatoms. The van der Waals surface area contributed by atoms with Crippen LogP contribution in [0.15, 0.2) is 30.3 Å². The fourth-order valence-corrected chi connectivity index (χ4v) is 3.76. The van der Waals surface area contributed by atoms with E-state index in [4.69, 9.17) is 5.11 Å². The van der Waals surface area contributed by atoms with Crippen molar-refractivity contribution in [1.82, 2.24) is 10.6 Å². The number of rotatable bonds is 13. The van der Waals surface area contributed by atoms with Crippen LogP contribution in [0.5, 0.6) is 5.75 Å². The molecule has 0 saturated carbocycles. The van der Waals surface area contributed by atoms with Crippen LogP contribution in [0.4, 0.5) is 17.6 Å². The van der Waals surface area contributed by atoms with Gasteiger partial charge in [-0.15, -0.1) is 0 Å². The van der Waals surface area contributed by atoms with Crippen LogP contribution in [0, 0.1) is 23.3 Å². The Balaban J connectivity index is 1.92. The molecule has 1 unspecified atom stereocenters. The molecular weight excluding hydrogens is 540 g/mol. The van der Waals surface area contributed by atoms with Crippen molar-refractivity contribution in [2.24, 2.45) is 0 Å². The lowest BCUT2D eigenvalue weighted by Crippen LogP contribution is -2.47. The second kappa shape index (κ2) is 13.9. The second-order valence-corrected chi connectivity index (χ2v) is 9.96. The number of Topliss-reactive ketones (excluding diaryl/α,β-unsaturated/α-hetero) is 1. The van der Waals surface area contributed by atoms with Crippen LogP contribution in [-0.2, 0) is 31.0 Å². The van der Waals surface area contributed by atoms with Gasteiger partial charge in [-0.2, -0.15) is 8.78 Å². The molecule has 0 aliphatic rings. The molecule has 0 aliphatic heterocycles. The number of carboxylic acids is 1. The molecule has 2 aromatic carbocycles. The summed E-state index contributed by atoms with van der Waals surface area (Å²) in [4.78, 5) is 48.1. The number of amides is 2. The highest BCUT2D eigenvalue weighted by Gasteiger charge is 2.28. The number of carboxylic acid groups (broad SMARTS) is 1. The molecular formula is C27H30F4N2O7. The number of aliphatic hydroxyl groups excluding tert-OH is 1. The highest BCUT2D eigenvalue weighted by Crippen LogP contribution is 2.27. The minimum atomic E-state index is -1.87. The molecule has 0 fully saturated rings. The van der Waals surface area contributed by atoms with Crippen molar-refractivity contribution in [1.29, 1.82) is 0 Å². The van der Waals surface area contributed by atoms with Crippen molar-refractivity contribution in [3.05, 3.63) is 64.7 Å². The maximum absolute atomic E-state index is 13.8. The predicted octanol–water partition coefficient (Wildman–Crippen LogP) is 2.56. The van der Waals surface area contributed by atoms with Crippen LogP contribution in [0.25, 0.3) is 0 Å². The van der Waals surface area contributed by atoms with Crippen LogP contribution in [0.2, 0.25) is 0 Å². The van der Waals surface area contributed by atoms with E-state index in [2.05, 4.69) is 15.4 Å². The molecule has 0 aliphatic carbocycles. The van der Waals surface area contributed by atoms with Crippen LogP contribution in [0.1, 0.15) is 44.7 Å². The maximum atomic E-state index is 13.8. The Kier molecular flexibility index (Phi) is 11.2. The van der Waals surface area contributed by atoms with Crippen molar-refractivity contribution in [3.63, 3.8) is 0 Å². The summed E-state index contributed by atoms with van der Waals surface area (Å²) in [5, 5.41) is 23.8. The van der Waals surface area contributed by atoms with Gasteiger partial charge in [0.1, 0.15) is 12.7 Å². The summed E-state index contributed by atoms with van der Waals surface area (Å²) in [5.41, 5.74) is 1.32. The molecule has 0 bridgehead atoms. The number of aliphatic carboxylic acids is 1. The summed E-state index contributed by atoms with van der Waals surface area (Å²) in [7, 11) is 0. The molecule has 218 valence electrons. The van der Waals surface area contributed by atoms with Crippen LogP contribution < -0.4 is 15.4 Å². The van der Waals surface area contributed by atoms with E-state index in [1.165, 1.54) is 0 Å². The van der Waals surface area contributed by atoms with Crippen molar-refractivity contribution < 1.29 is 51.7 Å². The van der Waals surface area contributed by atoms with Crippen LogP contribution in [0.3, 0.4) is 0 Å². The number of ketones is 1. The van der Waals surface area contributed by atoms with Gasteiger partial charge < -0.3 is 25.6 Å². The smallest absolute Gasteiger partial charge is 0.305 e. The Morgan fingerprint density at radius 2 is 1.60 bits per heavy atom. The number of halogens is 4. The normalized spacial score (nSPS) is 12.8. The minimum absolute atomic E-state index is 0.0431. The van der Waals surface area contributed by atoms with Gasteiger partial charge in [-0.3, -0.25) is 19.2 Å². The molecule has 40 heavy (non-hydrogen) atoms. The number of hydrogen-bond acceptors (Lipinski definition) is 6. The fraction of sp³-hybridized carbons (Fsp3) is 0.407. The molecule has 4 N–H and O–H groups in total. The third kappa shape index (κ3) is 9.04. The van der Waals surface area contributed by atoms with E-state index in [9.17, 15) is 41.8 Å². The van der Waals surface area contributed by atoms with E-state index in [-0.39, 0.29) is 24.4 Å². The summed E-state index contributed by atoms with van der Waals surface area (Å²) < 4.78 is 58.8. The van der Waals surface area contributed by atoms with E-state index < -0.39 is 84.2 Å². The van der Waals surface area contributed by atoms with E-state index in [1.807, 2.05) is 32.9 Å². The standard InChI is InChI=1S/C27H30F4N2O7/c1-27(2,3)15-7-5-4-6-14(15)10-19(34)26(39)32-9-8-21(36)33-18(12-22(37)38)20(35)13-40-25-23(30)16(28)11-17(29)24(25)31/h4-7,11,18,20,35H,8-10,12-13H2,1-3H3,(H,32,39)(H,33,36)(H,37,38)/t18-,20?/m0/s1. The summed E-state index contributed by atoms with van der Waals surface area (Å²) in [6.07, 6.45) is -3.30. The topological polar surface area (TPSA) is 142 Å². The first-order chi connectivity index (χ1) is 18.6. The SMILES string of the molecule is CC(C)(C)c1ccccc1CC(=O)C(=O)NCCC(=O)N[C@@H](CC(=O)O)C(O)COc1c(F)c(F)cc(F)c1F. The second-order valence-electron chi connectivity index (χ2n) is 9.96. The number of aliphatic hydroxyl groups is 1. The van der Waals surface area contributed by atoms with Gasteiger partial charge in [0.15, 0.2) is 17.4 Å². The molecule has 0 saturated heterocycles. The number of hydrogen-bond donors (Lipinski definition) is 4. The van der Waals surface area contributed by atoms with Gasteiger partial charge in [-0.25, -0.2) is 8.78 Å². The lowest BCUT2D eigenvalue weighted by molar-refractivity contribution is -0.139. The van der Waals surface area contributed by atoms with E-state index >= 15 is 0 Å². The van der Waals surface area contributed by atoms with Gasteiger partial charge in [0, 0.05) is 25.5 Å². The van der Waals surface area contributed by atoms with Gasteiger partial charge in [0.05, 0.1) is 12.5 Å². The zero-order chi connectivity index (χ0) is 30.2. The molecule has 0 heterocycles. The average Bonchev–Trinajstić information content (AvgIpc) is 2.86. The van der Waals surface area contributed by atoms with Crippen molar-refractivity contribution in [2.45, 2.75) is 57.6 Å². The van der Waals surface area contributed by atoms with Gasteiger partial charge in [0.25, 0.3) is 5.91 Å². The molecule has 2 rings (SSSR count). The van der Waals surface area contributed by atoms with E-state index in [0.29, 0.717) is 5.56 Å². The van der Waals surface area contributed by atoms with Crippen molar-refractivity contribution in [3.8, 4) is 5.75 Å². The zero-order valence-electron chi connectivity index (χ0n) is 22.0. The molecule has 0 spiro atoms. The Morgan fingerprint density at radius 3 is 2.17 bits per heavy atom.